The van der Waals surface area contributed by atoms with Crippen LogP contribution in [0.25, 0.3) is 0 Å². The molecule has 0 atom stereocenters. The van der Waals surface area contributed by atoms with Crippen LogP contribution in [0.5, 0.6) is 0 Å². The standard InChI is InChI=1S/C10H19N3O/c1-10(2,3)9-8(7-13-14-9)12-6-4-5-11/h7,12H,4-6,11H2,1-3H3. The Morgan fingerprint density at radius 2 is 2.21 bits per heavy atom. The molecular formula is C10H19N3O. The summed E-state index contributed by atoms with van der Waals surface area (Å²) >= 11 is 0. The molecule has 0 aliphatic carbocycles. The van der Waals surface area contributed by atoms with E-state index in [2.05, 4.69) is 31.2 Å². The molecule has 1 aromatic rings. The summed E-state index contributed by atoms with van der Waals surface area (Å²) in [4.78, 5) is 0. The van der Waals surface area contributed by atoms with Gasteiger partial charge in [-0.2, -0.15) is 0 Å². The normalized spacial score (nSPS) is 11.7. The van der Waals surface area contributed by atoms with E-state index in [-0.39, 0.29) is 5.41 Å². The molecule has 0 aliphatic heterocycles. The Balaban J connectivity index is 2.63. The smallest absolute Gasteiger partial charge is 0.165 e. The van der Waals surface area contributed by atoms with E-state index in [1.165, 1.54) is 0 Å². The Morgan fingerprint density at radius 1 is 1.50 bits per heavy atom. The lowest BCUT2D eigenvalue weighted by Gasteiger charge is -2.16. The van der Waals surface area contributed by atoms with Crippen LogP contribution in [-0.4, -0.2) is 18.2 Å². The molecule has 1 heterocycles. The van der Waals surface area contributed by atoms with Crippen molar-refractivity contribution in [2.75, 3.05) is 18.4 Å². The Hall–Kier alpha value is -1.03. The first-order valence-electron chi connectivity index (χ1n) is 4.95. The molecule has 0 unspecified atom stereocenters. The average molecular weight is 197 g/mol. The maximum absolute atomic E-state index is 5.41. The second-order valence-electron chi connectivity index (χ2n) is 4.39. The highest BCUT2D eigenvalue weighted by atomic mass is 16.5. The first kappa shape index (κ1) is 11.0. The van der Waals surface area contributed by atoms with Crippen LogP contribution in [-0.2, 0) is 5.41 Å². The Labute approximate surface area is 84.8 Å². The zero-order valence-electron chi connectivity index (χ0n) is 9.13. The van der Waals surface area contributed by atoms with E-state index < -0.39 is 0 Å². The maximum atomic E-state index is 5.41. The minimum atomic E-state index is -0.0124. The van der Waals surface area contributed by atoms with E-state index in [1.807, 2.05) is 0 Å². The molecule has 0 saturated carbocycles. The quantitative estimate of drug-likeness (QED) is 0.721. The number of hydrogen-bond acceptors (Lipinski definition) is 4. The van der Waals surface area contributed by atoms with Gasteiger partial charge in [-0.1, -0.05) is 25.9 Å². The van der Waals surface area contributed by atoms with Crippen LogP contribution < -0.4 is 11.1 Å². The predicted octanol–water partition coefficient (Wildman–Crippen LogP) is 1.73. The van der Waals surface area contributed by atoms with Gasteiger partial charge in [0, 0.05) is 12.0 Å². The van der Waals surface area contributed by atoms with Gasteiger partial charge < -0.3 is 15.6 Å². The molecule has 0 saturated heterocycles. The largest absolute Gasteiger partial charge is 0.381 e. The lowest BCUT2D eigenvalue weighted by atomic mass is 9.92. The summed E-state index contributed by atoms with van der Waals surface area (Å²) in [7, 11) is 0. The summed E-state index contributed by atoms with van der Waals surface area (Å²) in [6.45, 7) is 7.86. The zero-order chi connectivity index (χ0) is 10.6. The molecule has 0 amide bonds. The van der Waals surface area contributed by atoms with Gasteiger partial charge in [0.2, 0.25) is 0 Å². The lowest BCUT2D eigenvalue weighted by Crippen LogP contribution is -2.14. The van der Waals surface area contributed by atoms with E-state index in [0.29, 0.717) is 6.54 Å². The van der Waals surface area contributed by atoms with Crippen molar-refractivity contribution in [3.63, 3.8) is 0 Å². The summed E-state index contributed by atoms with van der Waals surface area (Å²) in [6.07, 6.45) is 2.67. The molecule has 1 aromatic heterocycles. The highest BCUT2D eigenvalue weighted by molar-refractivity contribution is 5.47. The van der Waals surface area contributed by atoms with Crippen molar-refractivity contribution >= 4 is 5.69 Å². The van der Waals surface area contributed by atoms with E-state index in [1.54, 1.807) is 6.20 Å². The van der Waals surface area contributed by atoms with E-state index >= 15 is 0 Å². The van der Waals surface area contributed by atoms with Gasteiger partial charge in [-0.3, -0.25) is 0 Å². The van der Waals surface area contributed by atoms with E-state index in [4.69, 9.17) is 10.3 Å². The van der Waals surface area contributed by atoms with Crippen LogP contribution in [0.2, 0.25) is 0 Å². The number of hydrogen-bond donors (Lipinski definition) is 2. The van der Waals surface area contributed by atoms with Crippen LogP contribution in [0.4, 0.5) is 5.69 Å². The molecule has 80 valence electrons. The van der Waals surface area contributed by atoms with Gasteiger partial charge in [0.25, 0.3) is 0 Å². The number of nitrogens with zero attached hydrogens (tertiary/aromatic N) is 1. The van der Waals surface area contributed by atoms with Crippen molar-refractivity contribution in [3.8, 4) is 0 Å². The number of nitrogens with two attached hydrogens (primary N) is 1. The minimum absolute atomic E-state index is 0.0124. The summed E-state index contributed by atoms with van der Waals surface area (Å²) in [6, 6.07) is 0. The van der Waals surface area contributed by atoms with Crippen LogP contribution in [0.15, 0.2) is 10.7 Å². The number of nitrogens with one attached hydrogen (secondary N) is 1. The van der Waals surface area contributed by atoms with Gasteiger partial charge in [0.05, 0.1) is 11.9 Å². The molecule has 0 spiro atoms. The molecule has 0 bridgehead atoms. The molecule has 14 heavy (non-hydrogen) atoms. The number of rotatable bonds is 4. The zero-order valence-corrected chi connectivity index (χ0v) is 9.13. The lowest BCUT2D eigenvalue weighted by molar-refractivity contribution is 0.330. The van der Waals surface area contributed by atoms with Gasteiger partial charge in [0.15, 0.2) is 5.76 Å². The Kier molecular flexibility index (Phi) is 3.52. The molecule has 0 radical (unpaired) electrons. The summed E-state index contributed by atoms with van der Waals surface area (Å²) in [5.74, 6) is 0.898. The molecular weight excluding hydrogens is 178 g/mol. The molecule has 0 fully saturated rings. The first-order chi connectivity index (χ1) is 6.55. The van der Waals surface area contributed by atoms with Crippen molar-refractivity contribution in [2.45, 2.75) is 32.6 Å². The van der Waals surface area contributed by atoms with Gasteiger partial charge >= 0.3 is 0 Å². The van der Waals surface area contributed by atoms with Crippen LogP contribution in [0.3, 0.4) is 0 Å². The fourth-order valence-electron chi connectivity index (χ4n) is 1.23. The third-order valence-electron chi connectivity index (χ3n) is 1.95. The van der Waals surface area contributed by atoms with Crippen LogP contribution in [0, 0.1) is 0 Å². The average Bonchev–Trinajstić information content (AvgIpc) is 2.52. The first-order valence-corrected chi connectivity index (χ1v) is 4.95. The number of aromatic nitrogens is 1. The Bertz CT molecular complexity index is 275. The van der Waals surface area contributed by atoms with Crippen molar-refractivity contribution < 1.29 is 4.52 Å². The molecule has 0 aliphatic rings. The molecule has 1 rings (SSSR count). The van der Waals surface area contributed by atoms with Crippen molar-refractivity contribution in [1.82, 2.24) is 5.16 Å². The van der Waals surface area contributed by atoms with Crippen LogP contribution >= 0.6 is 0 Å². The molecule has 4 nitrogen and oxygen atoms in total. The van der Waals surface area contributed by atoms with Gasteiger partial charge in [-0.25, -0.2) is 0 Å². The molecule has 0 aromatic carbocycles. The van der Waals surface area contributed by atoms with E-state index in [0.717, 1.165) is 24.4 Å². The number of anilines is 1. The van der Waals surface area contributed by atoms with Crippen molar-refractivity contribution in [1.29, 1.82) is 0 Å². The summed E-state index contributed by atoms with van der Waals surface area (Å²) in [5.41, 5.74) is 6.38. The SMILES string of the molecule is CC(C)(C)c1oncc1NCCCN. The fourth-order valence-corrected chi connectivity index (χ4v) is 1.23. The fraction of sp³-hybridized carbons (Fsp3) is 0.700. The second-order valence-corrected chi connectivity index (χ2v) is 4.39. The summed E-state index contributed by atoms with van der Waals surface area (Å²) in [5, 5.41) is 7.06. The van der Waals surface area contributed by atoms with Gasteiger partial charge in [-0.05, 0) is 13.0 Å². The van der Waals surface area contributed by atoms with Crippen molar-refractivity contribution in [2.24, 2.45) is 5.73 Å². The maximum Gasteiger partial charge on any atom is 0.165 e. The third kappa shape index (κ3) is 2.73. The second kappa shape index (κ2) is 4.46. The highest BCUT2D eigenvalue weighted by Gasteiger charge is 2.22. The molecule has 4 heteroatoms. The van der Waals surface area contributed by atoms with E-state index in [9.17, 15) is 0 Å². The van der Waals surface area contributed by atoms with Gasteiger partial charge in [0.1, 0.15) is 0 Å². The highest BCUT2D eigenvalue weighted by Crippen LogP contribution is 2.28. The van der Waals surface area contributed by atoms with Gasteiger partial charge in [-0.15, -0.1) is 0 Å². The summed E-state index contributed by atoms with van der Waals surface area (Å²) < 4.78 is 5.22. The monoisotopic (exact) mass is 197 g/mol. The predicted molar refractivity (Wildman–Crippen MR) is 57.4 cm³/mol. The van der Waals surface area contributed by atoms with Crippen molar-refractivity contribution in [3.05, 3.63) is 12.0 Å². The topological polar surface area (TPSA) is 64.1 Å². The Morgan fingerprint density at radius 3 is 2.79 bits per heavy atom. The minimum Gasteiger partial charge on any atom is -0.381 e. The van der Waals surface area contributed by atoms with Crippen LogP contribution in [0.1, 0.15) is 33.0 Å². The third-order valence-corrected chi connectivity index (χ3v) is 1.95. The molecule has 3 N–H and O–H groups in total.